The maximum absolute atomic E-state index is 2.96. The molecule has 5 aliphatic heterocycles. The number of hydrogen-bond acceptors (Lipinski definition) is 2. The highest BCUT2D eigenvalue weighted by molar-refractivity contribution is 8.01. The lowest BCUT2D eigenvalue weighted by atomic mass is 9.25. The van der Waals surface area contributed by atoms with Crippen LogP contribution in [0.4, 0.5) is 0 Å². The zero-order valence-corrected chi connectivity index (χ0v) is 34.4. The summed E-state index contributed by atoms with van der Waals surface area (Å²) < 4.78 is 5.91. The first kappa shape index (κ1) is 31.8. The van der Waals surface area contributed by atoms with Gasteiger partial charge < -0.3 is 9.13 Å². The minimum Gasteiger partial charge on any atom is -0.336 e. The first-order chi connectivity index (χ1) is 27.1. The number of fused-ring (bicyclic) bond motifs is 3. The Morgan fingerprint density at radius 3 is 1.43 bits per heavy atom. The van der Waals surface area contributed by atoms with Gasteiger partial charge in [-0.1, -0.05) is 150 Å². The molecule has 1 fully saturated rings. The fourth-order valence-electron chi connectivity index (χ4n) is 13.1. The minimum atomic E-state index is 0.0608. The van der Waals surface area contributed by atoms with E-state index in [2.05, 4.69) is 183 Å². The van der Waals surface area contributed by atoms with E-state index in [9.17, 15) is 0 Å². The second-order valence-electron chi connectivity index (χ2n) is 19.9. The van der Waals surface area contributed by atoms with Crippen LogP contribution in [0.5, 0.6) is 0 Å². The van der Waals surface area contributed by atoms with E-state index >= 15 is 0 Å². The predicted molar refractivity (Wildman–Crippen MR) is 243 cm³/mol. The maximum Gasteiger partial charge on any atom is 0.223 e. The van der Waals surface area contributed by atoms with Crippen molar-refractivity contribution in [2.45, 2.75) is 96.4 Å². The molecule has 6 aliphatic rings. The predicted octanol–water partition coefficient (Wildman–Crippen LogP) is 10.2. The SMILES string of the molecule is CC(C)(C)c1cccc(B(c2cccc(C(C)(C)C)c2)C2C3Sc4cccc5c6ccc7c8c6n(c45)C3[C@@H]3B8c4c-7ccc5c6cccc7c6n(c45)[C@@H]3C2S7)c1. The van der Waals surface area contributed by atoms with Crippen LogP contribution in [0.2, 0.25) is 11.6 Å². The van der Waals surface area contributed by atoms with Crippen LogP contribution < -0.4 is 21.9 Å². The number of para-hydroxylation sites is 2. The number of aromatic nitrogens is 2. The second-order valence-corrected chi connectivity index (χ2v) is 22.3. The van der Waals surface area contributed by atoms with Crippen LogP contribution in [0, 0.1) is 0 Å². The van der Waals surface area contributed by atoms with Crippen molar-refractivity contribution in [3.63, 3.8) is 0 Å². The molecule has 0 radical (unpaired) electrons. The van der Waals surface area contributed by atoms with Crippen LogP contribution in [0.15, 0.2) is 119 Å². The summed E-state index contributed by atoms with van der Waals surface area (Å²) in [5, 5.41) is 6.62. The molecule has 0 saturated heterocycles. The Hall–Kier alpha value is -4.25. The van der Waals surface area contributed by atoms with E-state index in [0.29, 0.717) is 40.9 Å². The van der Waals surface area contributed by atoms with Crippen LogP contribution in [0.3, 0.4) is 0 Å². The molecule has 6 aromatic carbocycles. The summed E-state index contributed by atoms with van der Waals surface area (Å²) in [6.45, 7) is 14.9. The van der Waals surface area contributed by atoms with Gasteiger partial charge in [0.15, 0.2) is 0 Å². The fourth-order valence-corrected chi connectivity index (χ4v) is 16.6. The molecule has 270 valence electrons. The molecular weight excluding hydrogens is 714 g/mol. The van der Waals surface area contributed by atoms with Gasteiger partial charge in [-0.05, 0) is 67.8 Å². The van der Waals surface area contributed by atoms with Crippen molar-refractivity contribution < 1.29 is 0 Å². The Morgan fingerprint density at radius 2 is 0.964 bits per heavy atom. The Morgan fingerprint density at radius 1 is 0.518 bits per heavy atom. The monoisotopic (exact) mass is 756 g/mol. The standard InChI is InChI=1S/C50H42B2N2S2/c1-49(2,3)25-11-7-13-27(23-25)51(28-14-8-12-26(24-28)50(4,5)6)40-47-45-39-46-48(40)56-36-18-10-16-32-34-22-20-30-29-19-21-33-31-15-9-17-35(55-47)41(31)53(45)43(33)37(29)52(39)38(30)44(34)54(46)42(32)36/h7-24,39-40,45-48H,1-6H3/t39-,40?,45+,46?,47?,48?/m1/s1. The summed E-state index contributed by atoms with van der Waals surface area (Å²) in [5.74, 6) is 0.868. The van der Waals surface area contributed by atoms with Crippen LogP contribution in [0.1, 0.15) is 64.8 Å². The zero-order chi connectivity index (χ0) is 37.3. The molecular formula is C50H42B2N2S2. The van der Waals surface area contributed by atoms with E-state index in [0.717, 1.165) is 0 Å². The molecule has 0 N–H and O–H groups in total. The van der Waals surface area contributed by atoms with Crippen molar-refractivity contribution in [2.75, 3.05) is 0 Å². The lowest BCUT2D eigenvalue weighted by Crippen LogP contribution is -2.66. The first-order valence-corrected chi connectivity index (χ1v) is 22.6. The number of nitrogens with zero attached hydrogens (tertiary/aromatic N) is 2. The molecule has 7 heterocycles. The van der Waals surface area contributed by atoms with Crippen molar-refractivity contribution >= 4 is 102 Å². The molecule has 2 aromatic heterocycles. The molecule has 56 heavy (non-hydrogen) atoms. The van der Waals surface area contributed by atoms with Crippen LogP contribution >= 0.6 is 23.5 Å². The number of benzene rings is 6. The molecule has 8 aromatic rings. The summed E-state index contributed by atoms with van der Waals surface area (Å²) in [6.07, 6.45) is 0. The van der Waals surface area contributed by atoms with E-state index < -0.39 is 0 Å². The van der Waals surface area contributed by atoms with Gasteiger partial charge in [0.05, 0.1) is 11.0 Å². The third kappa shape index (κ3) is 3.58. The maximum atomic E-state index is 2.96. The van der Waals surface area contributed by atoms with E-state index in [1.165, 1.54) is 86.6 Å². The fraction of sp³-hybridized carbons (Fsp3) is 0.280. The van der Waals surface area contributed by atoms with Gasteiger partial charge in [0.25, 0.3) is 0 Å². The highest BCUT2D eigenvalue weighted by atomic mass is 32.2. The van der Waals surface area contributed by atoms with Gasteiger partial charge in [-0.25, -0.2) is 0 Å². The van der Waals surface area contributed by atoms with Crippen molar-refractivity contribution in [3.8, 4) is 11.1 Å². The highest BCUT2D eigenvalue weighted by Crippen LogP contribution is 2.69. The summed E-state index contributed by atoms with van der Waals surface area (Å²) in [4.78, 5) is 2.94. The van der Waals surface area contributed by atoms with Gasteiger partial charge in [-0.3, -0.25) is 0 Å². The van der Waals surface area contributed by atoms with Crippen molar-refractivity contribution in [1.82, 2.24) is 9.13 Å². The number of rotatable bonds is 3. The zero-order valence-electron chi connectivity index (χ0n) is 32.7. The molecule has 6 atom stereocenters. The molecule has 14 rings (SSSR count). The second kappa shape index (κ2) is 10.1. The third-order valence-corrected chi connectivity index (χ3v) is 18.1. The van der Waals surface area contributed by atoms with Gasteiger partial charge in [-0.2, -0.15) is 0 Å². The summed E-state index contributed by atoms with van der Waals surface area (Å²) in [5.41, 5.74) is 18.3. The van der Waals surface area contributed by atoms with E-state index in [1.807, 2.05) is 0 Å². The largest absolute Gasteiger partial charge is 0.336 e. The molecule has 0 bridgehead atoms. The van der Waals surface area contributed by atoms with Gasteiger partial charge in [0, 0.05) is 65.0 Å². The summed E-state index contributed by atoms with van der Waals surface area (Å²) in [6, 6.07) is 44.8. The minimum absolute atomic E-state index is 0.0608. The Labute approximate surface area is 337 Å². The number of thioether (sulfide) groups is 2. The van der Waals surface area contributed by atoms with Crippen LogP contribution in [0.25, 0.3) is 54.7 Å². The molecule has 1 aliphatic carbocycles. The van der Waals surface area contributed by atoms with Crippen molar-refractivity contribution in [2.24, 2.45) is 0 Å². The van der Waals surface area contributed by atoms with Crippen molar-refractivity contribution in [1.29, 1.82) is 0 Å². The Bertz CT molecular complexity index is 2930. The molecule has 1 saturated carbocycles. The van der Waals surface area contributed by atoms with Gasteiger partial charge in [-0.15, -0.1) is 23.5 Å². The average molecular weight is 757 g/mol. The molecule has 4 unspecified atom stereocenters. The topological polar surface area (TPSA) is 9.86 Å². The van der Waals surface area contributed by atoms with Gasteiger partial charge >= 0.3 is 0 Å². The summed E-state index contributed by atoms with van der Waals surface area (Å²) in [7, 11) is 0. The Kier molecular flexibility index (Phi) is 5.71. The average Bonchev–Trinajstić information content (AvgIpc) is 3.83. The lowest BCUT2D eigenvalue weighted by Gasteiger charge is -2.60. The normalized spacial score (nSPS) is 24.4. The highest BCUT2D eigenvalue weighted by Gasteiger charge is 2.66. The smallest absolute Gasteiger partial charge is 0.223 e. The van der Waals surface area contributed by atoms with Gasteiger partial charge in [0.2, 0.25) is 13.4 Å². The van der Waals surface area contributed by atoms with E-state index in [1.54, 1.807) is 10.9 Å². The quantitative estimate of drug-likeness (QED) is 0.166. The third-order valence-electron chi connectivity index (χ3n) is 15.2. The summed E-state index contributed by atoms with van der Waals surface area (Å²) >= 11 is 4.49. The molecule has 6 heteroatoms. The van der Waals surface area contributed by atoms with Gasteiger partial charge in [0.1, 0.15) is 0 Å². The van der Waals surface area contributed by atoms with Crippen LogP contribution in [-0.2, 0) is 10.8 Å². The van der Waals surface area contributed by atoms with E-state index in [-0.39, 0.29) is 17.5 Å². The molecule has 2 nitrogen and oxygen atoms in total. The van der Waals surface area contributed by atoms with Crippen LogP contribution in [-0.4, -0.2) is 33.1 Å². The Balaban J connectivity index is 1.14. The number of hydrogen-bond donors (Lipinski definition) is 0. The van der Waals surface area contributed by atoms with Crippen molar-refractivity contribution in [3.05, 3.63) is 120 Å². The van der Waals surface area contributed by atoms with E-state index in [4.69, 9.17) is 0 Å². The lowest BCUT2D eigenvalue weighted by molar-refractivity contribution is 0.287. The molecule has 0 amide bonds. The first-order valence-electron chi connectivity index (χ1n) is 20.8. The molecule has 0 spiro atoms.